The minimum Gasteiger partial charge on any atom is -0.497 e. The number of carbonyl (C=O) groups is 2. The van der Waals surface area contributed by atoms with Gasteiger partial charge in [-0.2, -0.15) is 0 Å². The van der Waals surface area contributed by atoms with Crippen molar-refractivity contribution < 1.29 is 14.3 Å². The molecule has 2 aromatic carbocycles. The van der Waals surface area contributed by atoms with Gasteiger partial charge in [0.25, 0.3) is 11.8 Å². The number of ether oxygens (including phenoxy) is 1. The van der Waals surface area contributed by atoms with Crippen LogP contribution in [0.1, 0.15) is 5.56 Å². The van der Waals surface area contributed by atoms with Crippen LogP contribution in [-0.2, 0) is 9.59 Å². The normalized spacial score (nSPS) is 19.4. The Morgan fingerprint density at radius 3 is 2.38 bits per heavy atom. The number of thiocarbonyl (C=S) groups is 1. The summed E-state index contributed by atoms with van der Waals surface area (Å²) in [6.45, 7) is 0. The lowest BCUT2D eigenvalue weighted by molar-refractivity contribution is -0.115. The molecule has 1 saturated heterocycles. The number of nitrogens with zero attached hydrogens (tertiary/aromatic N) is 2. The number of fused-ring (bicyclic) bond motifs is 1. The van der Waals surface area contributed by atoms with E-state index in [4.69, 9.17) is 17.0 Å². The highest BCUT2D eigenvalue weighted by molar-refractivity contribution is 8.27. The number of thioether (sulfide) groups is 1. The number of hydrogen-bond acceptors (Lipinski definition) is 5. The Hall–Kier alpha value is -2.64. The van der Waals surface area contributed by atoms with Gasteiger partial charge in [-0.1, -0.05) is 42.2 Å². The average molecular weight is 382 g/mol. The standard InChI is InChI=1S/C19H14N2O3S2/c1-20-14-6-4-3-5-13(14)15(17(20)22)16-18(23)21(19(25)26-16)11-7-9-12(24-2)10-8-11/h3-10H,1-2H3/b16-15-. The minimum atomic E-state index is -0.279. The molecule has 0 atom stereocenters. The van der Waals surface area contributed by atoms with Crippen LogP contribution in [-0.4, -0.2) is 30.3 Å². The minimum absolute atomic E-state index is 0.193. The van der Waals surface area contributed by atoms with E-state index in [1.54, 1.807) is 43.3 Å². The molecule has 0 unspecified atom stereocenters. The van der Waals surface area contributed by atoms with Crippen LogP contribution in [0, 0.1) is 0 Å². The Labute approximate surface area is 160 Å². The van der Waals surface area contributed by atoms with E-state index in [2.05, 4.69) is 0 Å². The zero-order valence-corrected chi connectivity index (χ0v) is 15.7. The second-order valence-corrected chi connectivity index (χ2v) is 7.44. The Bertz CT molecular complexity index is 983. The third-order valence-electron chi connectivity index (χ3n) is 4.38. The number of methoxy groups -OCH3 is 1. The molecule has 130 valence electrons. The fourth-order valence-electron chi connectivity index (χ4n) is 3.06. The highest BCUT2D eigenvalue weighted by atomic mass is 32.2. The maximum atomic E-state index is 13.1. The number of carbonyl (C=O) groups excluding carboxylic acids is 2. The number of para-hydroxylation sites is 1. The molecule has 26 heavy (non-hydrogen) atoms. The van der Waals surface area contributed by atoms with Gasteiger partial charge in [-0.25, -0.2) is 0 Å². The molecule has 0 aliphatic carbocycles. The fraction of sp³-hybridized carbons (Fsp3) is 0.105. The van der Waals surface area contributed by atoms with Crippen molar-refractivity contribution in [2.45, 2.75) is 0 Å². The first-order chi connectivity index (χ1) is 12.5. The summed E-state index contributed by atoms with van der Waals surface area (Å²) in [5, 5.41) is 0. The van der Waals surface area contributed by atoms with Crippen molar-refractivity contribution in [1.82, 2.24) is 0 Å². The molecule has 0 saturated carbocycles. The van der Waals surface area contributed by atoms with Gasteiger partial charge in [0.2, 0.25) is 0 Å². The van der Waals surface area contributed by atoms with Crippen LogP contribution in [0.5, 0.6) is 5.75 Å². The quantitative estimate of drug-likeness (QED) is 0.588. The van der Waals surface area contributed by atoms with Gasteiger partial charge in [0.15, 0.2) is 4.32 Å². The van der Waals surface area contributed by atoms with Gasteiger partial charge in [0, 0.05) is 12.6 Å². The van der Waals surface area contributed by atoms with Crippen LogP contribution in [0.3, 0.4) is 0 Å². The molecule has 2 heterocycles. The fourth-order valence-corrected chi connectivity index (χ4v) is 4.43. The Kier molecular flexibility index (Phi) is 4.05. The van der Waals surface area contributed by atoms with Crippen LogP contribution in [0.2, 0.25) is 0 Å². The zero-order valence-electron chi connectivity index (χ0n) is 14.1. The van der Waals surface area contributed by atoms with Crippen LogP contribution in [0.4, 0.5) is 11.4 Å². The monoisotopic (exact) mass is 382 g/mol. The molecule has 2 aliphatic heterocycles. The first-order valence-corrected chi connectivity index (χ1v) is 9.07. The molecular formula is C19H14N2O3S2. The van der Waals surface area contributed by atoms with Crippen molar-refractivity contribution in [3.63, 3.8) is 0 Å². The number of amides is 2. The molecule has 7 heteroatoms. The van der Waals surface area contributed by atoms with Crippen molar-refractivity contribution in [3.8, 4) is 5.75 Å². The number of anilines is 2. The van der Waals surface area contributed by atoms with Gasteiger partial charge >= 0.3 is 0 Å². The van der Waals surface area contributed by atoms with Crippen molar-refractivity contribution in [1.29, 1.82) is 0 Å². The molecule has 0 N–H and O–H groups in total. The predicted molar refractivity (Wildman–Crippen MR) is 107 cm³/mol. The van der Waals surface area contributed by atoms with E-state index in [1.165, 1.54) is 4.90 Å². The summed E-state index contributed by atoms with van der Waals surface area (Å²) in [6, 6.07) is 14.5. The second-order valence-electron chi connectivity index (χ2n) is 5.79. The van der Waals surface area contributed by atoms with Crippen molar-refractivity contribution in [2.24, 2.45) is 0 Å². The van der Waals surface area contributed by atoms with E-state index in [1.807, 2.05) is 24.3 Å². The maximum absolute atomic E-state index is 13.1. The lowest BCUT2D eigenvalue weighted by atomic mass is 10.1. The molecule has 4 rings (SSSR count). The van der Waals surface area contributed by atoms with Crippen LogP contribution in [0.15, 0.2) is 53.4 Å². The summed E-state index contributed by atoms with van der Waals surface area (Å²) in [6.07, 6.45) is 0. The molecule has 0 radical (unpaired) electrons. The third-order valence-corrected chi connectivity index (χ3v) is 5.75. The topological polar surface area (TPSA) is 49.9 Å². The number of hydrogen-bond donors (Lipinski definition) is 0. The molecule has 0 aromatic heterocycles. The summed E-state index contributed by atoms with van der Waals surface area (Å²) in [5.41, 5.74) is 2.62. The molecule has 2 aliphatic rings. The van der Waals surface area contributed by atoms with Gasteiger partial charge in [0.1, 0.15) is 5.75 Å². The summed E-state index contributed by atoms with van der Waals surface area (Å²) < 4.78 is 5.56. The van der Waals surface area contributed by atoms with Crippen LogP contribution >= 0.6 is 24.0 Å². The number of rotatable bonds is 2. The molecule has 0 spiro atoms. The van der Waals surface area contributed by atoms with Gasteiger partial charge in [-0.05, 0) is 30.3 Å². The van der Waals surface area contributed by atoms with Crippen LogP contribution < -0.4 is 14.5 Å². The largest absolute Gasteiger partial charge is 0.497 e. The first-order valence-electron chi connectivity index (χ1n) is 7.85. The smallest absolute Gasteiger partial charge is 0.271 e. The van der Waals surface area contributed by atoms with Crippen molar-refractivity contribution in [3.05, 3.63) is 59.0 Å². The summed E-state index contributed by atoms with van der Waals surface area (Å²) in [5.74, 6) is 0.221. The van der Waals surface area contributed by atoms with E-state index < -0.39 is 0 Å². The highest BCUT2D eigenvalue weighted by Crippen LogP contribution is 2.45. The van der Waals surface area contributed by atoms with Crippen molar-refractivity contribution >= 4 is 57.1 Å². The van der Waals surface area contributed by atoms with E-state index in [-0.39, 0.29) is 11.8 Å². The van der Waals surface area contributed by atoms with E-state index in [0.29, 0.717) is 26.2 Å². The Balaban J connectivity index is 1.80. The molecule has 2 aromatic rings. The number of likely N-dealkylation sites (N-methyl/N-ethyl adjacent to an activating group) is 1. The first kappa shape index (κ1) is 16.8. The van der Waals surface area contributed by atoms with Gasteiger partial charge in [-0.3, -0.25) is 14.5 Å². The predicted octanol–water partition coefficient (Wildman–Crippen LogP) is 3.45. The second kappa shape index (κ2) is 6.26. The molecule has 0 bridgehead atoms. The lowest BCUT2D eigenvalue weighted by Crippen LogP contribution is -2.28. The van der Waals surface area contributed by atoms with Crippen molar-refractivity contribution in [2.75, 3.05) is 24.0 Å². The summed E-state index contributed by atoms with van der Waals surface area (Å²) in [7, 11) is 3.29. The maximum Gasteiger partial charge on any atom is 0.271 e. The number of benzene rings is 2. The van der Waals surface area contributed by atoms with E-state index in [0.717, 1.165) is 23.0 Å². The average Bonchev–Trinajstić information content (AvgIpc) is 3.09. The summed E-state index contributed by atoms with van der Waals surface area (Å²) in [4.78, 5) is 29.2. The zero-order chi connectivity index (χ0) is 18.4. The van der Waals surface area contributed by atoms with Gasteiger partial charge < -0.3 is 9.64 Å². The van der Waals surface area contributed by atoms with E-state index >= 15 is 0 Å². The lowest BCUT2D eigenvalue weighted by Gasteiger charge is -2.15. The third kappa shape index (κ3) is 2.43. The summed E-state index contributed by atoms with van der Waals surface area (Å²) >= 11 is 6.58. The van der Waals surface area contributed by atoms with Crippen LogP contribution in [0.25, 0.3) is 5.57 Å². The molecule has 1 fully saturated rings. The Morgan fingerprint density at radius 2 is 1.69 bits per heavy atom. The molecule has 5 nitrogen and oxygen atoms in total. The highest BCUT2D eigenvalue weighted by Gasteiger charge is 2.41. The van der Waals surface area contributed by atoms with Gasteiger partial charge in [0.05, 0.1) is 29.0 Å². The molecular weight excluding hydrogens is 368 g/mol. The molecule has 2 amide bonds. The SMILES string of the molecule is COc1ccc(N2C(=O)/C(=C3/C(=O)N(C)c4ccccc43)SC2=S)cc1. The Morgan fingerprint density at radius 1 is 1.00 bits per heavy atom. The van der Waals surface area contributed by atoms with E-state index in [9.17, 15) is 9.59 Å². The van der Waals surface area contributed by atoms with Gasteiger partial charge in [-0.15, -0.1) is 0 Å².